The Balaban J connectivity index is 0.000000286. The van der Waals surface area contributed by atoms with Gasteiger partial charge in [-0.15, -0.1) is 0 Å². The van der Waals surface area contributed by atoms with Crippen molar-refractivity contribution >= 4 is 158 Å². The predicted molar refractivity (Wildman–Crippen MR) is 540 cm³/mol. The number of nitrogens with one attached hydrogen (secondary N) is 7. The number of alkyl halides is 6. The number of hydrogen-bond acceptors (Lipinski definition) is 33. The van der Waals surface area contributed by atoms with Crippen molar-refractivity contribution in [3.8, 4) is 0 Å². The molecular formula is C99H113F8N15O27. The summed E-state index contributed by atoms with van der Waals surface area (Å²) in [6.07, 6.45) is -3.90. The van der Waals surface area contributed by atoms with Crippen molar-refractivity contribution in [3.63, 3.8) is 0 Å². The average molecular weight is 2100 g/mol. The Morgan fingerprint density at radius 1 is 0.336 bits per heavy atom. The smallest absolute Gasteiger partial charge is 0.419 e. The van der Waals surface area contributed by atoms with E-state index in [-0.39, 0.29) is 209 Å². The highest BCUT2D eigenvalue weighted by atomic mass is 19.4. The lowest BCUT2D eigenvalue weighted by Gasteiger charge is -2.17. The SMILES string of the molecule is CC.CC.CC(=O)OCCNc1ccc2c(=O)n(CCOC(C)=O)ccc2c1N.CC(=O)OCCNc1ccc2c(=O)n(CCOC(C)=O)ccc2c1NC(=O)Cc1cccc(C(F)(F)F)c1F.CC(=O)OCCNc1ccc2c(=O)n(CCOC(C)=O)ccc2c1[N+](=O)[O-].O=C(Cc1cccc(C(F)(F)F)c1F)Nc1c(NCCO)ccc2c(=O)n(CCO)ccc12.O=c1c2ccc(NCCO)c([N+](=O)[O-])c2ccn1CCO. The number of aromatic nitrogens is 5. The highest BCUT2D eigenvalue weighted by Gasteiger charge is 2.37. The fraction of sp³-hybridized carbons (Fsp3) is 0.343. The van der Waals surface area contributed by atoms with Gasteiger partial charge in [-0.25, -0.2) is 8.78 Å². The fourth-order valence-electron chi connectivity index (χ4n) is 14.3. The number of fused-ring (bicyclic) bond motifs is 5. The number of nitrogens with two attached hydrogens (primary N) is 1. The first-order valence-corrected chi connectivity index (χ1v) is 45.9. The number of anilines is 8. The molecule has 0 atom stereocenters. The molecule has 0 aliphatic rings. The van der Waals surface area contributed by atoms with Crippen LogP contribution < -0.4 is 70.7 Å². The number of hydrogen-bond donors (Lipinski definition) is 12. The van der Waals surface area contributed by atoms with Crippen molar-refractivity contribution in [2.24, 2.45) is 0 Å². The number of nitro benzene ring substituents is 2. The van der Waals surface area contributed by atoms with Gasteiger partial charge in [0, 0.05) is 151 Å². The molecule has 5 heterocycles. The minimum atomic E-state index is -4.93. The van der Waals surface area contributed by atoms with Gasteiger partial charge in [-0.2, -0.15) is 26.3 Å². The van der Waals surface area contributed by atoms with Crippen molar-refractivity contribution in [3.05, 3.63) is 264 Å². The number of aliphatic hydroxyl groups is 4. The Morgan fingerprint density at radius 3 is 0.893 bits per heavy atom. The van der Waals surface area contributed by atoms with Crippen LogP contribution in [0.25, 0.3) is 53.9 Å². The Hall–Kier alpha value is -16.8. The number of esters is 6. The Bertz CT molecular complexity index is 7100. The van der Waals surface area contributed by atoms with Crippen LogP contribution in [0.2, 0.25) is 0 Å². The first-order chi connectivity index (χ1) is 70.8. The van der Waals surface area contributed by atoms with Gasteiger partial charge in [0.1, 0.15) is 62.7 Å². The van der Waals surface area contributed by atoms with Crippen LogP contribution in [-0.4, -0.2) is 200 Å². The predicted octanol–water partition coefficient (Wildman–Crippen LogP) is 11.5. The first kappa shape index (κ1) is 121. The Morgan fingerprint density at radius 2 is 0.591 bits per heavy atom. The number of ether oxygens (including phenoxy) is 6. The normalized spacial score (nSPS) is 10.8. The zero-order valence-corrected chi connectivity index (χ0v) is 82.5. The van der Waals surface area contributed by atoms with Crippen LogP contribution in [0.3, 0.4) is 0 Å². The lowest BCUT2D eigenvalue weighted by molar-refractivity contribution is -0.382. The van der Waals surface area contributed by atoms with E-state index in [4.69, 9.17) is 54.6 Å². The molecule has 2 amide bonds. The number of pyridine rings is 5. The molecule has 50 heteroatoms. The molecule has 0 saturated carbocycles. The number of halogens is 8. The molecule has 5 aromatic heterocycles. The first-order valence-electron chi connectivity index (χ1n) is 45.9. The topological polar surface area (TPSA) is 579 Å². The van der Waals surface area contributed by atoms with Crippen LogP contribution in [0.5, 0.6) is 0 Å². The van der Waals surface area contributed by atoms with Gasteiger partial charge >= 0.3 is 48.2 Å². The summed E-state index contributed by atoms with van der Waals surface area (Å²) >= 11 is 0. The van der Waals surface area contributed by atoms with Crippen molar-refractivity contribution < 1.29 is 132 Å². The van der Waals surface area contributed by atoms with E-state index in [1.807, 2.05) is 27.7 Å². The van der Waals surface area contributed by atoms with Crippen LogP contribution in [-0.2, 0) is 125 Å². The highest BCUT2D eigenvalue weighted by molar-refractivity contribution is 6.09. The Kier molecular flexibility index (Phi) is 47.9. The summed E-state index contributed by atoms with van der Waals surface area (Å²) in [6, 6.07) is 28.4. The summed E-state index contributed by atoms with van der Waals surface area (Å²) in [5.41, 5.74) is 2.50. The summed E-state index contributed by atoms with van der Waals surface area (Å²) in [5, 5.41) is 81.3. The van der Waals surface area contributed by atoms with Gasteiger partial charge in [-0.3, -0.25) is 82.6 Å². The van der Waals surface area contributed by atoms with Crippen LogP contribution in [0.1, 0.15) is 91.5 Å². The molecule has 0 spiro atoms. The van der Waals surface area contributed by atoms with Crippen LogP contribution in [0.4, 0.5) is 92.0 Å². The molecule has 149 heavy (non-hydrogen) atoms. The van der Waals surface area contributed by atoms with Gasteiger partial charge in [0.15, 0.2) is 0 Å². The zero-order valence-electron chi connectivity index (χ0n) is 82.5. The van der Waals surface area contributed by atoms with Gasteiger partial charge in [0.2, 0.25) is 11.8 Å². The molecule has 0 fully saturated rings. The molecule has 0 radical (unpaired) electrons. The second-order valence-corrected chi connectivity index (χ2v) is 30.9. The maximum absolute atomic E-state index is 14.5. The standard InChI is InChI=1S/C26H25F4N3O6.C22H21F4N3O4.C17H19N3O7.C17H21N3O5.C13H15N3O5.2C2H6/c1-15(34)38-12-9-31-21-7-6-19-18(8-10-33(25(19)37)11-13-39-16(2)35)24(21)32-22(36)14-17-4-3-5-20(23(17)27)26(28,29)30;23-19-13(2-1-3-16(19)22(24,25)26)12-18(32)28-20-14-6-8-29(9-11-31)21(33)15(14)4-5-17(20)27-7-10-30;1-11(21)26-9-6-18-15-4-3-14-13(16(15)20(24)25)5-7-19(17(14)23)8-10-27-12(2)22;1-11(21)24-9-6-19-15-4-3-14-13(16(15)18)5-7-20(17(14)23)8-10-25-12(2)22;17-7-4-14-11-2-1-10-9(12(11)16(20)21)3-5-15(6-8-18)13(10)19;2*1-2/h3-8,10,31H,9,11-14H2,1-2H3,(H,32,36);1-6,8,27,30-31H,7,9-12H2,(H,28,32);3-5,7,18H,6,8-10H2,1-2H3;3-5,7,19H,6,8-10,18H2,1-2H3;1-3,5,14,17-18H,4,6-8H2;2*1-2H3. The zero-order chi connectivity index (χ0) is 111. The number of nitrogens with zero attached hydrogens (tertiary/aromatic N) is 7. The molecule has 42 nitrogen and oxygen atoms in total. The van der Waals surface area contributed by atoms with Crippen molar-refractivity contribution in [2.45, 2.75) is 127 Å². The lowest BCUT2D eigenvalue weighted by atomic mass is 10.1. The van der Waals surface area contributed by atoms with Crippen molar-refractivity contribution in [1.29, 1.82) is 0 Å². The number of carbonyl (C=O) groups is 8. The monoisotopic (exact) mass is 2100 g/mol. The molecule has 7 aromatic carbocycles. The summed E-state index contributed by atoms with van der Waals surface area (Å²) in [4.78, 5) is 175. The van der Waals surface area contributed by atoms with Crippen molar-refractivity contribution in [2.75, 3.05) is 142 Å². The van der Waals surface area contributed by atoms with E-state index in [0.717, 1.165) is 24.3 Å². The highest BCUT2D eigenvalue weighted by Crippen LogP contribution is 2.39. The third-order valence-corrected chi connectivity index (χ3v) is 20.8. The summed E-state index contributed by atoms with van der Waals surface area (Å²) < 4.78 is 143. The number of nitro groups is 2. The van der Waals surface area contributed by atoms with E-state index in [1.165, 1.54) is 162 Å². The van der Waals surface area contributed by atoms with E-state index in [9.17, 15) is 118 Å². The Labute approximate surface area is 842 Å². The van der Waals surface area contributed by atoms with E-state index in [2.05, 4.69) is 37.2 Å². The van der Waals surface area contributed by atoms with Gasteiger partial charge in [0.05, 0.1) is 136 Å². The van der Waals surface area contributed by atoms with Gasteiger partial charge in [-0.1, -0.05) is 52.0 Å². The number of benzene rings is 7. The van der Waals surface area contributed by atoms with Crippen LogP contribution in [0, 0.1) is 31.9 Å². The molecule has 12 rings (SSSR count). The second-order valence-electron chi connectivity index (χ2n) is 30.9. The summed E-state index contributed by atoms with van der Waals surface area (Å²) in [5.74, 6) is -7.34. The van der Waals surface area contributed by atoms with E-state index in [0.29, 0.717) is 63.0 Å². The molecule has 0 aliphatic carbocycles. The maximum atomic E-state index is 14.5. The van der Waals surface area contributed by atoms with Gasteiger partial charge in [0.25, 0.3) is 39.2 Å². The summed E-state index contributed by atoms with van der Waals surface area (Å²) in [7, 11) is 0. The summed E-state index contributed by atoms with van der Waals surface area (Å²) in [6.45, 7) is 17.0. The maximum Gasteiger partial charge on any atom is 0.419 e. The van der Waals surface area contributed by atoms with Gasteiger partial charge < -0.3 is 115 Å². The fourth-order valence-corrected chi connectivity index (χ4v) is 14.3. The van der Waals surface area contributed by atoms with Gasteiger partial charge in [-0.05, 0) is 114 Å². The molecule has 802 valence electrons. The number of amides is 2. The lowest BCUT2D eigenvalue weighted by Crippen LogP contribution is -2.23. The third kappa shape index (κ3) is 35.0. The molecule has 0 unspecified atom stereocenters. The van der Waals surface area contributed by atoms with Crippen LogP contribution >= 0.6 is 0 Å². The number of carbonyl (C=O) groups excluding carboxylic acids is 8. The third-order valence-electron chi connectivity index (χ3n) is 20.8. The van der Waals surface area contributed by atoms with E-state index in [1.54, 1.807) is 24.4 Å². The minimum Gasteiger partial charge on any atom is -0.464 e. The molecule has 13 N–H and O–H groups in total. The molecule has 12 aromatic rings. The molecular weight excluding hydrogens is 1980 g/mol. The minimum absolute atomic E-state index is 0.00601. The largest absolute Gasteiger partial charge is 0.464 e. The molecule has 0 aliphatic heterocycles. The average Bonchev–Trinajstić information content (AvgIpc) is 0.798. The number of nitrogen functional groups attached to an aromatic ring is 1. The number of rotatable bonds is 39. The van der Waals surface area contributed by atoms with Crippen LogP contribution in [0.15, 0.2) is 182 Å². The quantitative estimate of drug-likeness (QED) is 0.00324. The van der Waals surface area contributed by atoms with E-state index >= 15 is 0 Å². The number of aliphatic hydroxyl groups excluding tert-OH is 4. The van der Waals surface area contributed by atoms with Crippen molar-refractivity contribution in [1.82, 2.24) is 22.8 Å². The molecule has 0 saturated heterocycles. The second kappa shape index (κ2) is 59.0. The van der Waals surface area contributed by atoms with E-state index < -0.39 is 127 Å². The molecule has 0 bridgehead atoms.